The molecule has 2 N–H and O–H groups in total. The molecule has 4 rings (SSSR count). The lowest BCUT2D eigenvalue weighted by Gasteiger charge is -2.24. The van der Waals surface area contributed by atoms with Gasteiger partial charge >= 0.3 is 6.03 Å². The Bertz CT molecular complexity index is 1070. The van der Waals surface area contributed by atoms with Crippen molar-refractivity contribution >= 4 is 35.1 Å². The van der Waals surface area contributed by atoms with E-state index in [0.717, 1.165) is 4.90 Å². The molecule has 31 heavy (non-hydrogen) atoms. The van der Waals surface area contributed by atoms with Crippen LogP contribution < -0.4 is 15.4 Å². The Morgan fingerprint density at radius 3 is 2.35 bits per heavy atom. The third-order valence-electron chi connectivity index (χ3n) is 5.51. The topological polar surface area (TPSA) is 108 Å². The second kappa shape index (κ2) is 8.10. The number of methoxy groups -OCH3 is 1. The Morgan fingerprint density at radius 1 is 0.968 bits per heavy atom. The van der Waals surface area contributed by atoms with Gasteiger partial charge in [0, 0.05) is 25.0 Å². The fourth-order valence-corrected chi connectivity index (χ4v) is 3.82. The van der Waals surface area contributed by atoms with E-state index in [0.29, 0.717) is 42.1 Å². The van der Waals surface area contributed by atoms with Crippen LogP contribution in [0.5, 0.6) is 5.75 Å². The van der Waals surface area contributed by atoms with E-state index in [-0.39, 0.29) is 17.4 Å². The van der Waals surface area contributed by atoms with Gasteiger partial charge < -0.3 is 20.3 Å². The van der Waals surface area contributed by atoms with Crippen LogP contribution in [-0.4, -0.2) is 60.3 Å². The van der Waals surface area contributed by atoms with Crippen LogP contribution in [0.25, 0.3) is 0 Å². The van der Waals surface area contributed by atoms with Crippen molar-refractivity contribution in [2.45, 2.75) is 18.9 Å². The van der Waals surface area contributed by atoms with Crippen LogP contribution in [0.1, 0.15) is 33.6 Å². The Labute approximate surface area is 179 Å². The number of imide groups is 1. The average Bonchev–Trinajstić information content (AvgIpc) is 3.35. The SMILES string of the molecule is COc1ccc(NC(=O)[C@@H]2CCCN2C(=O)Nc2ccc3c(c2)C(=O)N(C)C3=O)cc1. The van der Waals surface area contributed by atoms with E-state index in [1.54, 1.807) is 37.4 Å². The smallest absolute Gasteiger partial charge is 0.322 e. The molecule has 0 saturated carbocycles. The molecule has 0 aliphatic carbocycles. The number of fused-ring (bicyclic) bond motifs is 1. The van der Waals surface area contributed by atoms with Crippen molar-refractivity contribution in [3.63, 3.8) is 0 Å². The number of hydrogen-bond acceptors (Lipinski definition) is 5. The van der Waals surface area contributed by atoms with E-state index in [4.69, 9.17) is 4.74 Å². The molecule has 2 aromatic rings. The summed E-state index contributed by atoms with van der Waals surface area (Å²) in [5.74, 6) is -0.364. The number of amides is 5. The third-order valence-corrected chi connectivity index (χ3v) is 5.51. The van der Waals surface area contributed by atoms with Gasteiger partial charge in [0.25, 0.3) is 11.8 Å². The molecule has 0 bridgehead atoms. The van der Waals surface area contributed by atoms with E-state index >= 15 is 0 Å². The first kappa shape index (κ1) is 20.4. The van der Waals surface area contributed by atoms with Crippen LogP contribution in [0.3, 0.4) is 0 Å². The van der Waals surface area contributed by atoms with Crippen LogP contribution in [0.15, 0.2) is 42.5 Å². The van der Waals surface area contributed by atoms with Crippen molar-refractivity contribution in [3.05, 3.63) is 53.6 Å². The number of anilines is 2. The second-order valence-electron chi connectivity index (χ2n) is 7.43. The maximum atomic E-state index is 12.8. The molecule has 5 amide bonds. The highest BCUT2D eigenvalue weighted by Crippen LogP contribution is 2.26. The van der Waals surface area contributed by atoms with E-state index in [1.807, 2.05) is 0 Å². The van der Waals surface area contributed by atoms with Gasteiger partial charge in [0.05, 0.1) is 18.2 Å². The molecule has 1 fully saturated rings. The standard InChI is InChI=1S/C22H22N4O5/c1-25-20(28)16-10-7-14(12-17(16)21(25)29)24-22(30)26-11-3-4-18(26)19(27)23-13-5-8-15(31-2)9-6-13/h5-10,12,18H,3-4,11H2,1-2H3,(H,23,27)(H,24,30)/t18-/m0/s1. The van der Waals surface area contributed by atoms with E-state index in [1.165, 1.54) is 24.1 Å². The number of carbonyl (C=O) groups excluding carboxylic acids is 4. The predicted octanol–water partition coefficient (Wildman–Crippen LogP) is 2.56. The Kier molecular flexibility index (Phi) is 5.33. The second-order valence-corrected chi connectivity index (χ2v) is 7.43. The molecule has 9 heteroatoms. The highest BCUT2D eigenvalue weighted by molar-refractivity contribution is 6.21. The molecule has 1 saturated heterocycles. The fraction of sp³-hybridized carbons (Fsp3) is 0.273. The maximum Gasteiger partial charge on any atom is 0.322 e. The van der Waals surface area contributed by atoms with Gasteiger partial charge in [-0.05, 0) is 55.3 Å². The predicted molar refractivity (Wildman–Crippen MR) is 113 cm³/mol. The molecule has 2 heterocycles. The van der Waals surface area contributed by atoms with Crippen molar-refractivity contribution in [1.82, 2.24) is 9.80 Å². The molecule has 0 unspecified atom stereocenters. The zero-order chi connectivity index (χ0) is 22.1. The van der Waals surface area contributed by atoms with Crippen molar-refractivity contribution in [2.24, 2.45) is 0 Å². The Morgan fingerprint density at radius 2 is 1.65 bits per heavy atom. The van der Waals surface area contributed by atoms with Gasteiger partial charge in [-0.25, -0.2) is 4.79 Å². The first-order valence-corrected chi connectivity index (χ1v) is 9.88. The van der Waals surface area contributed by atoms with Gasteiger partial charge in [0.1, 0.15) is 11.8 Å². The largest absolute Gasteiger partial charge is 0.497 e. The summed E-state index contributed by atoms with van der Waals surface area (Å²) < 4.78 is 5.11. The lowest BCUT2D eigenvalue weighted by molar-refractivity contribution is -0.119. The summed E-state index contributed by atoms with van der Waals surface area (Å²) in [5.41, 5.74) is 1.56. The van der Waals surface area contributed by atoms with E-state index in [9.17, 15) is 19.2 Å². The summed E-state index contributed by atoms with van der Waals surface area (Å²) in [6, 6.07) is 10.5. The molecule has 2 aliphatic rings. The quantitative estimate of drug-likeness (QED) is 0.737. The summed E-state index contributed by atoms with van der Waals surface area (Å²) in [6.45, 7) is 0.442. The summed E-state index contributed by atoms with van der Waals surface area (Å²) >= 11 is 0. The van der Waals surface area contributed by atoms with Gasteiger partial charge in [-0.2, -0.15) is 0 Å². The van der Waals surface area contributed by atoms with Gasteiger partial charge in [-0.15, -0.1) is 0 Å². The van der Waals surface area contributed by atoms with Crippen molar-refractivity contribution in [2.75, 3.05) is 31.3 Å². The van der Waals surface area contributed by atoms with Crippen LogP contribution in [-0.2, 0) is 4.79 Å². The number of hydrogen-bond donors (Lipinski definition) is 2. The number of ether oxygens (including phenoxy) is 1. The van der Waals surface area contributed by atoms with Crippen molar-refractivity contribution in [1.29, 1.82) is 0 Å². The monoisotopic (exact) mass is 422 g/mol. The molecular weight excluding hydrogens is 400 g/mol. The Hall–Kier alpha value is -3.88. The minimum Gasteiger partial charge on any atom is -0.497 e. The molecule has 0 spiro atoms. The minimum atomic E-state index is -0.606. The lowest BCUT2D eigenvalue weighted by atomic mass is 10.1. The first-order chi connectivity index (χ1) is 14.9. The molecule has 2 aromatic carbocycles. The first-order valence-electron chi connectivity index (χ1n) is 9.88. The number of benzene rings is 2. The van der Waals surface area contributed by atoms with E-state index < -0.39 is 18.0 Å². The fourth-order valence-electron chi connectivity index (χ4n) is 3.82. The third kappa shape index (κ3) is 3.81. The van der Waals surface area contributed by atoms with Gasteiger partial charge in [0.2, 0.25) is 5.91 Å². The van der Waals surface area contributed by atoms with Crippen molar-refractivity contribution in [3.8, 4) is 5.75 Å². The van der Waals surface area contributed by atoms with Gasteiger partial charge in [-0.1, -0.05) is 0 Å². The lowest BCUT2D eigenvalue weighted by Crippen LogP contribution is -2.45. The molecule has 2 aliphatic heterocycles. The summed E-state index contributed by atoms with van der Waals surface area (Å²) in [4.78, 5) is 52.3. The number of carbonyl (C=O) groups is 4. The highest BCUT2D eigenvalue weighted by atomic mass is 16.5. The molecule has 160 valence electrons. The zero-order valence-corrected chi connectivity index (χ0v) is 17.2. The van der Waals surface area contributed by atoms with Crippen LogP contribution >= 0.6 is 0 Å². The van der Waals surface area contributed by atoms with Crippen LogP contribution in [0.4, 0.5) is 16.2 Å². The average molecular weight is 422 g/mol. The highest BCUT2D eigenvalue weighted by Gasteiger charge is 2.35. The summed E-state index contributed by atoms with van der Waals surface area (Å²) in [7, 11) is 2.98. The molecule has 0 radical (unpaired) electrons. The maximum absolute atomic E-state index is 12.8. The summed E-state index contributed by atoms with van der Waals surface area (Å²) in [5, 5.41) is 5.57. The Balaban J connectivity index is 1.44. The number of urea groups is 1. The molecule has 9 nitrogen and oxygen atoms in total. The van der Waals surface area contributed by atoms with Crippen molar-refractivity contribution < 1.29 is 23.9 Å². The number of nitrogens with zero attached hydrogens (tertiary/aromatic N) is 2. The van der Waals surface area contributed by atoms with Crippen LogP contribution in [0.2, 0.25) is 0 Å². The summed E-state index contributed by atoms with van der Waals surface area (Å²) in [6.07, 6.45) is 1.26. The minimum absolute atomic E-state index is 0.250. The molecule has 0 aromatic heterocycles. The molecule has 1 atom stereocenters. The molecular formula is C22H22N4O5. The number of rotatable bonds is 4. The number of likely N-dealkylation sites (tertiary alicyclic amines) is 1. The van der Waals surface area contributed by atoms with Gasteiger partial charge in [-0.3, -0.25) is 19.3 Å². The zero-order valence-electron chi connectivity index (χ0n) is 17.2. The number of nitrogens with one attached hydrogen (secondary N) is 2. The van der Waals surface area contributed by atoms with Crippen LogP contribution in [0, 0.1) is 0 Å². The van der Waals surface area contributed by atoms with Gasteiger partial charge in [0.15, 0.2) is 0 Å². The van der Waals surface area contributed by atoms with E-state index in [2.05, 4.69) is 10.6 Å². The normalized spacial score (nSPS) is 17.5.